The Morgan fingerprint density at radius 1 is 1.16 bits per heavy atom. The van der Waals surface area contributed by atoms with E-state index in [1.165, 1.54) is 11.8 Å². The lowest BCUT2D eigenvalue weighted by atomic mass is 10.2. The Hall–Kier alpha value is -2.52. The number of aryl methyl sites for hydroxylation is 1. The zero-order valence-electron chi connectivity index (χ0n) is 17.4. The summed E-state index contributed by atoms with van der Waals surface area (Å²) >= 11 is 1.44. The molecular formula is C22H25N3O4S2. The number of benzene rings is 2. The molecule has 0 saturated carbocycles. The number of anilines is 2. The van der Waals surface area contributed by atoms with E-state index in [-0.39, 0.29) is 35.2 Å². The average molecular weight is 460 g/mol. The minimum atomic E-state index is -3.04. The number of rotatable bonds is 6. The molecule has 1 fully saturated rings. The lowest BCUT2D eigenvalue weighted by Gasteiger charge is -2.24. The molecule has 1 N–H and O–H groups in total. The standard InChI is InChI=1S/C22H25N3O4S2/c1-3-29-18-10-8-17(9-11-18)25(12-21(26)23-16-6-4-15(2)5-7-16)22-24-19-13-31(27,28)14-20(19)30-22/h4-11,19-20H,3,12-14H2,1-2H3,(H,23,26). The van der Waals surface area contributed by atoms with Crippen molar-refractivity contribution >= 4 is 44.0 Å². The molecule has 9 heteroatoms. The monoisotopic (exact) mass is 459 g/mol. The first-order chi connectivity index (χ1) is 14.8. The molecule has 2 aliphatic heterocycles. The Labute approximate surface area is 186 Å². The number of fused-ring (bicyclic) bond motifs is 1. The first-order valence-electron chi connectivity index (χ1n) is 10.1. The van der Waals surface area contributed by atoms with Crippen molar-refractivity contribution in [2.24, 2.45) is 4.99 Å². The van der Waals surface area contributed by atoms with E-state index in [0.29, 0.717) is 11.8 Å². The van der Waals surface area contributed by atoms with E-state index in [1.807, 2.05) is 67.3 Å². The third-order valence-corrected chi connectivity index (χ3v) is 8.38. The predicted octanol–water partition coefficient (Wildman–Crippen LogP) is 3.11. The van der Waals surface area contributed by atoms with Crippen molar-refractivity contribution in [1.82, 2.24) is 0 Å². The second-order valence-corrected chi connectivity index (χ2v) is 11.0. The van der Waals surface area contributed by atoms with E-state index in [1.54, 1.807) is 0 Å². The fourth-order valence-electron chi connectivity index (χ4n) is 3.61. The van der Waals surface area contributed by atoms with Gasteiger partial charge in [-0.25, -0.2) is 8.42 Å². The maximum atomic E-state index is 12.8. The van der Waals surface area contributed by atoms with Crippen molar-refractivity contribution in [2.75, 3.05) is 34.9 Å². The molecule has 0 radical (unpaired) electrons. The summed E-state index contributed by atoms with van der Waals surface area (Å²) in [5, 5.41) is 3.50. The highest BCUT2D eigenvalue weighted by Gasteiger charge is 2.44. The van der Waals surface area contributed by atoms with Gasteiger partial charge in [0.15, 0.2) is 15.0 Å². The molecule has 0 aromatic heterocycles. The van der Waals surface area contributed by atoms with E-state index < -0.39 is 9.84 Å². The fraction of sp³-hybridized carbons (Fsp3) is 0.364. The minimum absolute atomic E-state index is 0.0693. The van der Waals surface area contributed by atoms with Gasteiger partial charge in [-0.3, -0.25) is 9.79 Å². The topological polar surface area (TPSA) is 88.1 Å². The Bertz CT molecular complexity index is 1080. The number of nitrogens with zero attached hydrogens (tertiary/aromatic N) is 2. The first kappa shape index (κ1) is 21.7. The Balaban J connectivity index is 1.55. The van der Waals surface area contributed by atoms with Gasteiger partial charge in [-0.1, -0.05) is 29.5 Å². The Morgan fingerprint density at radius 2 is 1.87 bits per heavy atom. The number of hydrogen-bond donors (Lipinski definition) is 1. The maximum absolute atomic E-state index is 12.8. The third-order valence-electron chi connectivity index (χ3n) is 5.13. The molecule has 0 bridgehead atoms. The van der Waals surface area contributed by atoms with Gasteiger partial charge in [0.2, 0.25) is 5.91 Å². The van der Waals surface area contributed by atoms with Crippen LogP contribution in [0.4, 0.5) is 11.4 Å². The molecule has 2 aliphatic rings. The van der Waals surface area contributed by atoms with Gasteiger partial charge in [-0.2, -0.15) is 0 Å². The molecule has 2 unspecified atom stereocenters. The van der Waals surface area contributed by atoms with Crippen molar-refractivity contribution in [3.8, 4) is 5.75 Å². The number of amides is 1. The second kappa shape index (κ2) is 8.92. The van der Waals surface area contributed by atoms with Crippen LogP contribution in [0.3, 0.4) is 0 Å². The Kier molecular flexibility index (Phi) is 6.24. The van der Waals surface area contributed by atoms with Gasteiger partial charge in [0, 0.05) is 16.6 Å². The summed E-state index contributed by atoms with van der Waals surface area (Å²) in [5.41, 5.74) is 2.65. The van der Waals surface area contributed by atoms with Gasteiger partial charge in [0.25, 0.3) is 0 Å². The first-order valence-corrected chi connectivity index (χ1v) is 12.8. The van der Waals surface area contributed by atoms with Crippen LogP contribution in [-0.4, -0.2) is 55.4 Å². The molecular weight excluding hydrogens is 434 g/mol. The van der Waals surface area contributed by atoms with Gasteiger partial charge in [0.1, 0.15) is 12.3 Å². The molecule has 1 amide bonds. The Morgan fingerprint density at radius 3 is 2.52 bits per heavy atom. The second-order valence-electron chi connectivity index (χ2n) is 7.64. The van der Waals surface area contributed by atoms with Crippen molar-refractivity contribution in [2.45, 2.75) is 25.1 Å². The number of sulfone groups is 1. The lowest BCUT2D eigenvalue weighted by molar-refractivity contribution is -0.114. The summed E-state index contributed by atoms with van der Waals surface area (Å²) in [4.78, 5) is 19.3. The molecule has 31 heavy (non-hydrogen) atoms. The SMILES string of the molecule is CCOc1ccc(N(CC(=O)Nc2ccc(C)cc2)C2=NC3CS(=O)(=O)CC3S2)cc1. The summed E-state index contributed by atoms with van der Waals surface area (Å²) in [6, 6.07) is 14.9. The van der Waals surface area contributed by atoms with Crippen LogP contribution in [0.2, 0.25) is 0 Å². The van der Waals surface area contributed by atoms with Crippen LogP contribution in [-0.2, 0) is 14.6 Å². The van der Waals surface area contributed by atoms with Crippen LogP contribution in [0.15, 0.2) is 53.5 Å². The van der Waals surface area contributed by atoms with Crippen LogP contribution in [0.25, 0.3) is 0 Å². The van der Waals surface area contributed by atoms with Crippen LogP contribution < -0.4 is 15.0 Å². The molecule has 2 aromatic rings. The van der Waals surface area contributed by atoms with Crippen molar-refractivity contribution in [1.29, 1.82) is 0 Å². The lowest BCUT2D eigenvalue weighted by Crippen LogP contribution is -2.36. The van der Waals surface area contributed by atoms with Crippen molar-refractivity contribution < 1.29 is 17.9 Å². The molecule has 164 valence electrons. The molecule has 0 spiro atoms. The highest BCUT2D eigenvalue weighted by atomic mass is 32.2. The molecule has 4 rings (SSSR count). The van der Waals surface area contributed by atoms with Gasteiger partial charge >= 0.3 is 0 Å². The number of ether oxygens (including phenoxy) is 1. The van der Waals surface area contributed by atoms with Crippen molar-refractivity contribution in [3.05, 3.63) is 54.1 Å². The summed E-state index contributed by atoms with van der Waals surface area (Å²) in [6.45, 7) is 4.56. The molecule has 1 saturated heterocycles. The van der Waals surface area contributed by atoms with Crippen LogP contribution in [0, 0.1) is 6.92 Å². The molecule has 2 heterocycles. The van der Waals surface area contributed by atoms with E-state index >= 15 is 0 Å². The molecule has 2 aromatic carbocycles. The van der Waals surface area contributed by atoms with Gasteiger partial charge in [-0.05, 0) is 50.2 Å². The quantitative estimate of drug-likeness (QED) is 0.714. The number of aliphatic imine (C=N–C) groups is 1. The number of nitrogens with one attached hydrogen (secondary N) is 1. The fourth-order valence-corrected chi connectivity index (χ4v) is 7.39. The summed E-state index contributed by atoms with van der Waals surface area (Å²) in [5.74, 6) is 0.771. The zero-order chi connectivity index (χ0) is 22.0. The van der Waals surface area contributed by atoms with E-state index in [2.05, 4.69) is 10.3 Å². The van der Waals surface area contributed by atoms with Gasteiger partial charge < -0.3 is 15.0 Å². The summed E-state index contributed by atoms with van der Waals surface area (Å²) < 4.78 is 29.4. The molecule has 0 aliphatic carbocycles. The highest BCUT2D eigenvalue weighted by Crippen LogP contribution is 2.37. The normalized spacial score (nSPS) is 21.3. The number of hydrogen-bond acceptors (Lipinski definition) is 7. The van der Waals surface area contributed by atoms with Gasteiger partial charge in [0.05, 0.1) is 24.2 Å². The highest BCUT2D eigenvalue weighted by molar-refractivity contribution is 8.15. The predicted molar refractivity (Wildman–Crippen MR) is 126 cm³/mol. The number of thioether (sulfide) groups is 1. The molecule has 7 nitrogen and oxygen atoms in total. The smallest absolute Gasteiger partial charge is 0.244 e. The van der Waals surface area contributed by atoms with Gasteiger partial charge in [-0.15, -0.1) is 0 Å². The van der Waals surface area contributed by atoms with Crippen LogP contribution in [0.5, 0.6) is 5.75 Å². The van der Waals surface area contributed by atoms with E-state index in [0.717, 1.165) is 22.7 Å². The number of amidine groups is 1. The third kappa shape index (κ3) is 5.22. The number of carbonyl (C=O) groups is 1. The summed E-state index contributed by atoms with van der Waals surface area (Å²) in [7, 11) is -3.04. The van der Waals surface area contributed by atoms with E-state index in [4.69, 9.17) is 4.74 Å². The van der Waals surface area contributed by atoms with Crippen LogP contribution >= 0.6 is 11.8 Å². The average Bonchev–Trinajstić information content (AvgIpc) is 3.22. The maximum Gasteiger partial charge on any atom is 0.244 e. The van der Waals surface area contributed by atoms with Crippen LogP contribution in [0.1, 0.15) is 12.5 Å². The number of carbonyl (C=O) groups excluding carboxylic acids is 1. The zero-order valence-corrected chi connectivity index (χ0v) is 19.1. The van der Waals surface area contributed by atoms with E-state index in [9.17, 15) is 13.2 Å². The largest absolute Gasteiger partial charge is 0.494 e. The summed E-state index contributed by atoms with van der Waals surface area (Å²) in [6.07, 6.45) is 0. The minimum Gasteiger partial charge on any atom is -0.494 e. The molecule has 2 atom stereocenters. The van der Waals surface area contributed by atoms with Crippen molar-refractivity contribution in [3.63, 3.8) is 0 Å².